The van der Waals surface area contributed by atoms with E-state index in [2.05, 4.69) is 42.1 Å². The van der Waals surface area contributed by atoms with Crippen LogP contribution in [0.4, 0.5) is 0 Å². The molecule has 0 aliphatic carbocycles. The van der Waals surface area contributed by atoms with Crippen molar-refractivity contribution >= 4 is 11.3 Å². The molecule has 0 unspecified atom stereocenters. The highest BCUT2D eigenvalue weighted by molar-refractivity contribution is 7.11. The van der Waals surface area contributed by atoms with E-state index in [0.29, 0.717) is 0 Å². The molecule has 0 aliphatic heterocycles. The Kier molecular flexibility index (Phi) is 3.70. The third-order valence-electron chi connectivity index (χ3n) is 2.38. The zero-order valence-corrected chi connectivity index (χ0v) is 10.5. The molecule has 2 aromatic heterocycles. The van der Waals surface area contributed by atoms with Crippen LogP contribution < -0.4 is 0 Å². The van der Waals surface area contributed by atoms with Crippen molar-refractivity contribution in [3.05, 3.63) is 52.0 Å². The molecule has 3 heteroatoms. The van der Waals surface area contributed by atoms with Gasteiger partial charge in [0, 0.05) is 29.0 Å². The van der Waals surface area contributed by atoms with E-state index in [4.69, 9.17) is 0 Å². The SMILES string of the molecule is Cc1ccc(CN(C)Cc2ccccn2)s1. The molecule has 0 fully saturated rings. The minimum Gasteiger partial charge on any atom is -0.295 e. The average molecular weight is 232 g/mol. The lowest BCUT2D eigenvalue weighted by molar-refractivity contribution is 0.318. The average Bonchev–Trinajstić information content (AvgIpc) is 2.65. The number of aryl methyl sites for hydroxylation is 1. The van der Waals surface area contributed by atoms with Crippen molar-refractivity contribution in [2.75, 3.05) is 7.05 Å². The number of aromatic nitrogens is 1. The molecule has 2 heterocycles. The molecule has 0 atom stereocenters. The normalized spacial score (nSPS) is 10.9. The highest BCUT2D eigenvalue weighted by atomic mass is 32.1. The van der Waals surface area contributed by atoms with Crippen LogP contribution in [0.5, 0.6) is 0 Å². The Morgan fingerprint density at radius 3 is 2.69 bits per heavy atom. The number of pyridine rings is 1. The Labute approximate surface area is 101 Å². The van der Waals surface area contributed by atoms with Gasteiger partial charge in [0.2, 0.25) is 0 Å². The maximum Gasteiger partial charge on any atom is 0.0543 e. The monoisotopic (exact) mass is 232 g/mol. The van der Waals surface area contributed by atoms with Gasteiger partial charge >= 0.3 is 0 Å². The minimum absolute atomic E-state index is 0.901. The molecule has 0 radical (unpaired) electrons. The van der Waals surface area contributed by atoms with Crippen LogP contribution in [-0.4, -0.2) is 16.9 Å². The minimum atomic E-state index is 0.901. The van der Waals surface area contributed by atoms with Gasteiger partial charge in [-0.2, -0.15) is 0 Å². The van der Waals surface area contributed by atoms with E-state index in [-0.39, 0.29) is 0 Å². The number of hydrogen-bond donors (Lipinski definition) is 0. The van der Waals surface area contributed by atoms with Crippen molar-refractivity contribution in [1.29, 1.82) is 0 Å². The summed E-state index contributed by atoms with van der Waals surface area (Å²) in [5, 5.41) is 0. The van der Waals surface area contributed by atoms with Gasteiger partial charge in [-0.05, 0) is 38.2 Å². The topological polar surface area (TPSA) is 16.1 Å². The molecule has 0 spiro atoms. The summed E-state index contributed by atoms with van der Waals surface area (Å²) < 4.78 is 0. The van der Waals surface area contributed by atoms with E-state index in [9.17, 15) is 0 Å². The van der Waals surface area contributed by atoms with Crippen LogP contribution in [0, 0.1) is 6.92 Å². The first-order valence-electron chi connectivity index (χ1n) is 5.38. The third-order valence-corrected chi connectivity index (χ3v) is 3.37. The quantitative estimate of drug-likeness (QED) is 0.805. The zero-order chi connectivity index (χ0) is 11.4. The van der Waals surface area contributed by atoms with E-state index >= 15 is 0 Å². The lowest BCUT2D eigenvalue weighted by Crippen LogP contribution is -2.17. The van der Waals surface area contributed by atoms with Gasteiger partial charge in [0.05, 0.1) is 5.69 Å². The molecule has 0 bridgehead atoms. The fourth-order valence-corrected chi connectivity index (χ4v) is 2.63. The maximum absolute atomic E-state index is 4.33. The Morgan fingerprint density at radius 1 is 1.19 bits per heavy atom. The Balaban J connectivity index is 1.92. The molecule has 2 aromatic rings. The Morgan fingerprint density at radius 2 is 2.06 bits per heavy atom. The second kappa shape index (κ2) is 5.23. The summed E-state index contributed by atoms with van der Waals surface area (Å²) in [6, 6.07) is 10.4. The van der Waals surface area contributed by atoms with Crippen molar-refractivity contribution < 1.29 is 0 Å². The highest BCUT2D eigenvalue weighted by Gasteiger charge is 2.03. The lowest BCUT2D eigenvalue weighted by atomic mass is 10.3. The van der Waals surface area contributed by atoms with E-state index < -0.39 is 0 Å². The molecule has 2 rings (SSSR count). The molecule has 2 nitrogen and oxygen atoms in total. The molecule has 16 heavy (non-hydrogen) atoms. The second-order valence-corrected chi connectivity index (χ2v) is 5.38. The molecule has 0 N–H and O–H groups in total. The van der Waals surface area contributed by atoms with Gasteiger partial charge in [-0.15, -0.1) is 11.3 Å². The molecule has 84 valence electrons. The third kappa shape index (κ3) is 3.15. The van der Waals surface area contributed by atoms with Crippen molar-refractivity contribution in [3.8, 4) is 0 Å². The van der Waals surface area contributed by atoms with Gasteiger partial charge in [0.1, 0.15) is 0 Å². The van der Waals surface area contributed by atoms with Crippen LogP contribution in [0.25, 0.3) is 0 Å². The molecule has 0 aromatic carbocycles. The summed E-state index contributed by atoms with van der Waals surface area (Å²) in [5.74, 6) is 0. The first-order valence-corrected chi connectivity index (χ1v) is 6.19. The summed E-state index contributed by atoms with van der Waals surface area (Å²) in [5.41, 5.74) is 1.12. The van der Waals surface area contributed by atoms with Gasteiger partial charge in [-0.25, -0.2) is 0 Å². The lowest BCUT2D eigenvalue weighted by Gasteiger charge is -2.14. The number of thiophene rings is 1. The van der Waals surface area contributed by atoms with Crippen molar-refractivity contribution in [2.45, 2.75) is 20.0 Å². The maximum atomic E-state index is 4.33. The number of nitrogens with zero attached hydrogens (tertiary/aromatic N) is 2. The standard InChI is InChI=1S/C13H16N2S/c1-11-6-7-13(16-11)10-15(2)9-12-5-3-4-8-14-12/h3-8H,9-10H2,1-2H3. The van der Waals surface area contributed by atoms with E-state index in [0.717, 1.165) is 18.8 Å². The predicted octanol–water partition coefficient (Wildman–Crippen LogP) is 3.08. The van der Waals surface area contributed by atoms with Crippen LogP contribution in [0.1, 0.15) is 15.4 Å². The van der Waals surface area contributed by atoms with Crippen LogP contribution in [0.15, 0.2) is 36.5 Å². The number of rotatable bonds is 4. The number of hydrogen-bond acceptors (Lipinski definition) is 3. The first-order chi connectivity index (χ1) is 7.74. The first kappa shape index (κ1) is 11.3. The smallest absolute Gasteiger partial charge is 0.0543 e. The van der Waals surface area contributed by atoms with Crippen LogP contribution in [0.3, 0.4) is 0 Å². The van der Waals surface area contributed by atoms with Gasteiger partial charge in [-0.3, -0.25) is 9.88 Å². The fourth-order valence-electron chi connectivity index (χ4n) is 1.66. The van der Waals surface area contributed by atoms with Crippen LogP contribution >= 0.6 is 11.3 Å². The summed E-state index contributed by atoms with van der Waals surface area (Å²) in [6.45, 7) is 4.04. The molecule has 0 aliphatic rings. The highest BCUT2D eigenvalue weighted by Crippen LogP contribution is 2.17. The molecule has 0 saturated carbocycles. The van der Waals surface area contributed by atoms with E-state index in [1.54, 1.807) is 0 Å². The summed E-state index contributed by atoms with van der Waals surface area (Å²) >= 11 is 1.86. The Hall–Kier alpha value is -1.19. The van der Waals surface area contributed by atoms with E-state index in [1.165, 1.54) is 9.75 Å². The van der Waals surface area contributed by atoms with Gasteiger partial charge in [0.15, 0.2) is 0 Å². The summed E-state index contributed by atoms with van der Waals surface area (Å²) in [7, 11) is 2.13. The van der Waals surface area contributed by atoms with Gasteiger partial charge < -0.3 is 0 Å². The molecular formula is C13H16N2S. The second-order valence-electron chi connectivity index (χ2n) is 4.01. The predicted molar refractivity (Wildman–Crippen MR) is 68.5 cm³/mol. The molecular weight excluding hydrogens is 216 g/mol. The summed E-state index contributed by atoms with van der Waals surface area (Å²) in [4.78, 5) is 9.40. The summed E-state index contributed by atoms with van der Waals surface area (Å²) in [6.07, 6.45) is 1.85. The Bertz CT molecular complexity index is 436. The molecule has 0 amide bonds. The van der Waals surface area contributed by atoms with Gasteiger partial charge in [-0.1, -0.05) is 6.07 Å². The van der Waals surface area contributed by atoms with Crippen LogP contribution in [-0.2, 0) is 13.1 Å². The molecule has 0 saturated heterocycles. The fraction of sp³-hybridized carbons (Fsp3) is 0.308. The van der Waals surface area contributed by atoms with Crippen LogP contribution in [0.2, 0.25) is 0 Å². The van der Waals surface area contributed by atoms with Crippen molar-refractivity contribution in [1.82, 2.24) is 9.88 Å². The zero-order valence-electron chi connectivity index (χ0n) is 9.68. The van der Waals surface area contributed by atoms with Crippen molar-refractivity contribution in [2.24, 2.45) is 0 Å². The van der Waals surface area contributed by atoms with Crippen molar-refractivity contribution in [3.63, 3.8) is 0 Å². The van der Waals surface area contributed by atoms with E-state index in [1.807, 2.05) is 29.7 Å². The van der Waals surface area contributed by atoms with Gasteiger partial charge in [0.25, 0.3) is 0 Å². The largest absolute Gasteiger partial charge is 0.295 e.